The minimum Gasteiger partial charge on any atom is -0.288 e. The van der Waals surface area contributed by atoms with Gasteiger partial charge in [0.25, 0.3) is 0 Å². The molecular formula is C20H22N2O3S. The van der Waals surface area contributed by atoms with E-state index in [0.717, 1.165) is 28.1 Å². The molecule has 2 aromatic rings. The maximum Gasteiger partial charge on any atom is 0.329 e. The summed E-state index contributed by atoms with van der Waals surface area (Å²) in [6, 6.07) is 12.6. The first-order chi connectivity index (χ1) is 12.3. The van der Waals surface area contributed by atoms with Crippen molar-refractivity contribution < 1.29 is 13.2 Å². The number of hydrogen-bond donors (Lipinski definition) is 0. The Balaban J connectivity index is 1.84. The molecule has 0 radical (unpaired) electrons. The van der Waals surface area contributed by atoms with E-state index in [9.17, 15) is 13.2 Å². The molecular weight excluding hydrogens is 348 g/mol. The number of hydrogen-bond acceptors (Lipinski definition) is 3. The molecule has 0 saturated carbocycles. The van der Waals surface area contributed by atoms with Crippen molar-refractivity contribution in [1.82, 2.24) is 0 Å². The lowest BCUT2D eigenvalue weighted by Gasteiger charge is -2.24. The Bertz CT molecular complexity index is 983. The molecule has 2 heterocycles. The Hall–Kier alpha value is -2.34. The van der Waals surface area contributed by atoms with E-state index in [4.69, 9.17) is 0 Å². The number of rotatable bonds is 2. The van der Waals surface area contributed by atoms with Gasteiger partial charge in [0.1, 0.15) is 0 Å². The van der Waals surface area contributed by atoms with Gasteiger partial charge < -0.3 is 0 Å². The van der Waals surface area contributed by atoms with Crippen LogP contribution in [0.4, 0.5) is 16.2 Å². The molecule has 2 saturated heterocycles. The van der Waals surface area contributed by atoms with Crippen LogP contribution in [0.1, 0.15) is 16.7 Å². The second-order valence-corrected chi connectivity index (χ2v) is 9.44. The van der Waals surface area contributed by atoms with Crippen molar-refractivity contribution in [3.05, 3.63) is 59.2 Å². The van der Waals surface area contributed by atoms with Crippen molar-refractivity contribution in [2.24, 2.45) is 0 Å². The van der Waals surface area contributed by atoms with Gasteiger partial charge in [0.15, 0.2) is 9.84 Å². The number of urea groups is 1. The van der Waals surface area contributed by atoms with Crippen LogP contribution in [0, 0.1) is 20.8 Å². The minimum absolute atomic E-state index is 0.0125. The van der Waals surface area contributed by atoms with Crippen LogP contribution in [-0.2, 0) is 9.84 Å². The summed E-state index contributed by atoms with van der Waals surface area (Å²) >= 11 is 0. The number of benzene rings is 2. The third-order valence-corrected chi connectivity index (χ3v) is 7.22. The molecule has 6 heteroatoms. The third kappa shape index (κ3) is 2.60. The SMILES string of the molecule is Cc1ccc(N2C(=O)N(c3cccc(C)c3C)[C@@H]3CS(=O)(=O)C[C@H]32)cc1. The van der Waals surface area contributed by atoms with E-state index < -0.39 is 9.84 Å². The van der Waals surface area contributed by atoms with Gasteiger partial charge in [0, 0.05) is 11.4 Å². The van der Waals surface area contributed by atoms with E-state index in [0.29, 0.717) is 0 Å². The van der Waals surface area contributed by atoms with Crippen LogP contribution in [0.3, 0.4) is 0 Å². The van der Waals surface area contributed by atoms with Crippen molar-refractivity contribution in [2.75, 3.05) is 21.3 Å². The molecule has 0 aromatic heterocycles. The summed E-state index contributed by atoms with van der Waals surface area (Å²) in [5.74, 6) is 0.0256. The molecule has 2 fully saturated rings. The van der Waals surface area contributed by atoms with Crippen LogP contribution in [0.2, 0.25) is 0 Å². The average molecular weight is 370 g/mol. The second-order valence-electron chi connectivity index (χ2n) is 7.29. The summed E-state index contributed by atoms with van der Waals surface area (Å²) in [4.78, 5) is 16.7. The topological polar surface area (TPSA) is 57.7 Å². The van der Waals surface area contributed by atoms with Crippen LogP contribution in [0.25, 0.3) is 0 Å². The quantitative estimate of drug-likeness (QED) is 0.763. The monoisotopic (exact) mass is 370 g/mol. The lowest BCUT2D eigenvalue weighted by Crippen LogP contribution is -2.38. The highest BCUT2D eigenvalue weighted by Crippen LogP contribution is 2.39. The zero-order valence-corrected chi connectivity index (χ0v) is 16.0. The van der Waals surface area contributed by atoms with Crippen LogP contribution in [0.5, 0.6) is 0 Å². The Labute approximate surface area is 154 Å². The number of fused-ring (bicyclic) bond motifs is 1. The van der Waals surface area contributed by atoms with Crippen molar-refractivity contribution in [3.63, 3.8) is 0 Å². The standard InChI is InChI=1S/C20H22N2O3S/c1-13-7-9-16(10-8-13)21-18-11-26(24,25)12-19(18)22(20(21)23)17-6-4-5-14(2)15(17)3/h4-10,18-19H,11-12H2,1-3H3/t18-,19-/m1/s1. The zero-order valence-electron chi connectivity index (χ0n) is 15.1. The molecule has 0 unspecified atom stereocenters. The molecule has 0 spiro atoms. The van der Waals surface area contributed by atoms with Crippen LogP contribution in [0.15, 0.2) is 42.5 Å². The molecule has 0 bridgehead atoms. The van der Waals surface area contributed by atoms with E-state index >= 15 is 0 Å². The average Bonchev–Trinajstić information content (AvgIpc) is 3.01. The predicted octanol–water partition coefficient (Wildman–Crippen LogP) is 3.22. The van der Waals surface area contributed by atoms with Gasteiger partial charge in [-0.3, -0.25) is 9.80 Å². The lowest BCUT2D eigenvalue weighted by molar-refractivity contribution is 0.255. The number of anilines is 2. The summed E-state index contributed by atoms with van der Waals surface area (Å²) in [5.41, 5.74) is 4.75. The number of carbonyl (C=O) groups excluding carboxylic acids is 1. The van der Waals surface area contributed by atoms with E-state index in [-0.39, 0.29) is 29.6 Å². The van der Waals surface area contributed by atoms with Gasteiger partial charge >= 0.3 is 6.03 Å². The van der Waals surface area contributed by atoms with Gasteiger partial charge in [0.2, 0.25) is 0 Å². The van der Waals surface area contributed by atoms with E-state index in [1.54, 1.807) is 9.80 Å². The molecule has 136 valence electrons. The predicted molar refractivity (Wildman–Crippen MR) is 104 cm³/mol. The van der Waals surface area contributed by atoms with Gasteiger partial charge in [-0.2, -0.15) is 0 Å². The summed E-state index contributed by atoms with van der Waals surface area (Å²) in [6.45, 7) is 5.96. The van der Waals surface area contributed by atoms with Crippen LogP contribution < -0.4 is 9.80 Å². The maximum absolute atomic E-state index is 13.3. The summed E-state index contributed by atoms with van der Waals surface area (Å²) in [6.07, 6.45) is 0. The largest absolute Gasteiger partial charge is 0.329 e. The molecule has 2 aliphatic rings. The third-order valence-electron chi connectivity index (χ3n) is 5.52. The number of aryl methyl sites for hydroxylation is 2. The zero-order chi connectivity index (χ0) is 18.6. The number of amides is 2. The molecule has 2 atom stereocenters. The first kappa shape index (κ1) is 17.1. The van der Waals surface area contributed by atoms with Gasteiger partial charge in [-0.1, -0.05) is 29.8 Å². The van der Waals surface area contributed by atoms with Gasteiger partial charge in [-0.05, 0) is 50.1 Å². The summed E-state index contributed by atoms with van der Waals surface area (Å²) < 4.78 is 24.7. The molecule has 26 heavy (non-hydrogen) atoms. The minimum atomic E-state index is -3.18. The molecule has 4 rings (SSSR count). The number of carbonyl (C=O) groups is 1. The van der Waals surface area contributed by atoms with Crippen molar-refractivity contribution >= 4 is 27.2 Å². The van der Waals surface area contributed by atoms with Crippen molar-refractivity contribution in [2.45, 2.75) is 32.9 Å². The summed E-state index contributed by atoms with van der Waals surface area (Å²) in [5, 5.41) is 0. The number of nitrogens with zero attached hydrogens (tertiary/aromatic N) is 2. The maximum atomic E-state index is 13.3. The molecule has 2 amide bonds. The highest BCUT2D eigenvalue weighted by Gasteiger charge is 2.54. The highest BCUT2D eigenvalue weighted by atomic mass is 32.2. The molecule has 5 nitrogen and oxygen atoms in total. The first-order valence-corrected chi connectivity index (χ1v) is 10.6. The van der Waals surface area contributed by atoms with Gasteiger partial charge in [-0.15, -0.1) is 0 Å². The smallest absolute Gasteiger partial charge is 0.288 e. The van der Waals surface area contributed by atoms with E-state index in [2.05, 4.69) is 0 Å². The fourth-order valence-corrected chi connectivity index (χ4v) is 5.91. The van der Waals surface area contributed by atoms with Gasteiger partial charge in [-0.25, -0.2) is 13.2 Å². The number of sulfone groups is 1. The van der Waals surface area contributed by atoms with E-state index in [1.807, 2.05) is 63.2 Å². The summed E-state index contributed by atoms with van der Waals surface area (Å²) in [7, 11) is -3.18. The van der Waals surface area contributed by atoms with Crippen LogP contribution in [-0.4, -0.2) is 38.0 Å². The Kier molecular flexibility index (Phi) is 3.84. The normalized spacial score (nSPS) is 24.2. The fourth-order valence-electron chi connectivity index (χ4n) is 3.99. The lowest BCUT2D eigenvalue weighted by atomic mass is 10.1. The Morgan fingerprint density at radius 2 is 1.50 bits per heavy atom. The Morgan fingerprint density at radius 3 is 2.15 bits per heavy atom. The molecule has 2 aliphatic heterocycles. The molecule has 2 aromatic carbocycles. The van der Waals surface area contributed by atoms with Crippen molar-refractivity contribution in [1.29, 1.82) is 0 Å². The molecule has 0 aliphatic carbocycles. The van der Waals surface area contributed by atoms with Crippen LogP contribution >= 0.6 is 0 Å². The second kappa shape index (κ2) is 5.84. The fraction of sp³-hybridized carbons (Fsp3) is 0.350. The Morgan fingerprint density at radius 1 is 0.885 bits per heavy atom. The van der Waals surface area contributed by atoms with Crippen molar-refractivity contribution in [3.8, 4) is 0 Å². The highest BCUT2D eigenvalue weighted by molar-refractivity contribution is 7.91. The van der Waals surface area contributed by atoms with E-state index in [1.165, 1.54) is 0 Å². The first-order valence-electron chi connectivity index (χ1n) is 8.74. The van der Waals surface area contributed by atoms with Gasteiger partial charge in [0.05, 0.1) is 23.6 Å². The molecule has 0 N–H and O–H groups in total.